The second kappa shape index (κ2) is 16.7. The Morgan fingerprint density at radius 3 is 0.475 bits per heavy atom. The van der Waals surface area contributed by atoms with Crippen molar-refractivity contribution in [2.24, 2.45) is 0 Å². The van der Waals surface area contributed by atoms with E-state index in [-0.39, 0.29) is 22.6 Å². The van der Waals surface area contributed by atoms with E-state index >= 15 is 0 Å². The van der Waals surface area contributed by atoms with Crippen molar-refractivity contribution in [3.05, 3.63) is 182 Å². The van der Waals surface area contributed by atoms with E-state index < -0.39 is 15.8 Å². The molecule has 0 saturated carbocycles. The van der Waals surface area contributed by atoms with Gasteiger partial charge in [0, 0.05) is 16.5 Å². The van der Waals surface area contributed by atoms with Gasteiger partial charge in [0.2, 0.25) is 0 Å². The zero-order valence-electron chi connectivity index (χ0n) is 22.2. The van der Waals surface area contributed by atoms with Gasteiger partial charge >= 0.3 is 0 Å². The maximum absolute atomic E-state index is 2.23. The van der Waals surface area contributed by atoms with Crippen LogP contribution in [0.2, 0.25) is 0 Å². The second-order valence-corrected chi connectivity index (χ2v) is 13.1. The Kier molecular flexibility index (Phi) is 13.0. The fourth-order valence-electron chi connectivity index (χ4n) is 4.36. The normalized spacial score (nSPS) is 10.1. The van der Waals surface area contributed by atoms with Gasteiger partial charge < -0.3 is 6.15 Å². The van der Waals surface area contributed by atoms with E-state index in [1.165, 1.54) is 31.8 Å². The quantitative estimate of drug-likeness (QED) is 0.162. The predicted octanol–water partition coefficient (Wildman–Crippen LogP) is 7.05. The topological polar surface area (TPSA) is 35.0 Å². The number of benzene rings is 6. The van der Waals surface area contributed by atoms with Crippen LogP contribution in [-0.4, -0.2) is 0 Å². The minimum Gasteiger partial charge on any atom is -0.344 e. The molecule has 6 rings (SSSR count). The summed E-state index contributed by atoms with van der Waals surface area (Å²) in [6.07, 6.45) is 0. The van der Waals surface area contributed by atoms with Gasteiger partial charge in [-0.3, -0.25) is 0 Å². The van der Waals surface area contributed by atoms with Crippen LogP contribution in [0, 0.1) is 0 Å². The molecule has 0 aromatic heterocycles. The van der Waals surface area contributed by atoms with Crippen LogP contribution >= 0.6 is 15.8 Å². The Bertz CT molecular complexity index is 1180. The largest absolute Gasteiger partial charge is 0.344 e. The second-order valence-electron chi connectivity index (χ2n) is 8.68. The van der Waals surface area contributed by atoms with Gasteiger partial charge in [-0.2, -0.15) is 0 Å². The third-order valence-corrected chi connectivity index (χ3v) is 11.0. The summed E-state index contributed by atoms with van der Waals surface area (Å²) in [7, 11) is -0.892. The van der Waals surface area contributed by atoms with Crippen molar-refractivity contribution in [3.63, 3.8) is 0 Å². The third-order valence-electron chi connectivity index (χ3n) is 6.09. The van der Waals surface area contributed by atoms with Crippen LogP contribution < -0.4 is 38.0 Å². The molecule has 0 bridgehead atoms. The van der Waals surface area contributed by atoms with Gasteiger partial charge in [-0.15, -0.1) is 0 Å². The molecule has 0 aliphatic carbocycles. The van der Waals surface area contributed by atoms with E-state index in [0.717, 1.165) is 0 Å². The van der Waals surface area contributed by atoms with Crippen molar-refractivity contribution in [3.8, 4) is 0 Å². The van der Waals surface area contributed by atoms with Crippen LogP contribution in [-0.2, 0) is 16.5 Å². The third kappa shape index (κ3) is 8.32. The van der Waals surface area contributed by atoms with Gasteiger partial charge in [0.25, 0.3) is 0 Å². The molecule has 0 unspecified atom stereocenters. The summed E-state index contributed by atoms with van der Waals surface area (Å²) in [6.45, 7) is 0. The molecule has 0 fully saturated rings. The zero-order valence-corrected chi connectivity index (χ0v) is 25.0. The number of hydrogen-bond acceptors (Lipinski definition) is 1. The molecule has 0 amide bonds. The monoisotopic (exact) mass is 599 g/mol. The Hall–Kier alpha value is -3.37. The molecule has 0 saturated heterocycles. The molecule has 4 heteroatoms. The molecule has 0 aliphatic rings. The van der Waals surface area contributed by atoms with Crippen molar-refractivity contribution in [2.45, 2.75) is 0 Å². The molecule has 0 radical (unpaired) electrons. The molecule has 0 aliphatic heterocycles. The summed E-state index contributed by atoms with van der Waals surface area (Å²) in [5.41, 5.74) is 0. The summed E-state index contributed by atoms with van der Waals surface area (Å²) in [4.78, 5) is 0. The molecule has 0 heterocycles. The van der Waals surface area contributed by atoms with Crippen molar-refractivity contribution in [2.75, 3.05) is 0 Å². The van der Waals surface area contributed by atoms with Crippen LogP contribution in [0.3, 0.4) is 0 Å². The first kappa shape index (κ1) is 31.2. The van der Waals surface area contributed by atoms with Gasteiger partial charge in [-0.05, 0) is 47.7 Å². The van der Waals surface area contributed by atoms with Gasteiger partial charge in [-0.1, -0.05) is 182 Å². The Labute approximate surface area is 251 Å². The van der Waals surface area contributed by atoms with Gasteiger partial charge in [0.1, 0.15) is 0 Å². The molecule has 202 valence electrons. The molecule has 0 atom stereocenters. The number of rotatable bonds is 6. The maximum atomic E-state index is 2.23. The van der Waals surface area contributed by atoms with Gasteiger partial charge in [0.15, 0.2) is 0 Å². The molecule has 3 N–H and O–H groups in total. The minimum absolute atomic E-state index is 0. The van der Waals surface area contributed by atoms with Crippen LogP contribution in [0.15, 0.2) is 182 Å². The summed E-state index contributed by atoms with van der Waals surface area (Å²) in [6, 6.07) is 64.7. The average molecular weight is 600 g/mol. The van der Waals surface area contributed by atoms with Crippen LogP contribution in [0.5, 0.6) is 0 Å². The molecule has 40 heavy (non-hydrogen) atoms. The number of hydrogen-bond donors (Lipinski definition) is 1. The standard InChI is InChI=1S/2C18H15P.H3N.Ni/c2*1-4-10-16(11-5-1)19(17-12-6-2-7-13-17)18-14-8-3-9-15-18;;/h2*1-15H;1H3;. The van der Waals surface area contributed by atoms with Crippen molar-refractivity contribution >= 4 is 47.7 Å². The summed E-state index contributed by atoms with van der Waals surface area (Å²) in [5, 5.41) is 8.39. The summed E-state index contributed by atoms with van der Waals surface area (Å²) < 4.78 is 0. The van der Waals surface area contributed by atoms with E-state index in [2.05, 4.69) is 182 Å². The fraction of sp³-hybridized carbons (Fsp3) is 0. The summed E-state index contributed by atoms with van der Waals surface area (Å²) >= 11 is 0. The van der Waals surface area contributed by atoms with E-state index in [0.29, 0.717) is 0 Å². The van der Waals surface area contributed by atoms with Gasteiger partial charge in [-0.25, -0.2) is 0 Å². The van der Waals surface area contributed by atoms with E-state index in [4.69, 9.17) is 0 Å². The van der Waals surface area contributed by atoms with Gasteiger partial charge in [0.05, 0.1) is 0 Å². The average Bonchev–Trinajstić information content (AvgIpc) is 3.01. The van der Waals surface area contributed by atoms with Crippen molar-refractivity contribution < 1.29 is 16.5 Å². The minimum atomic E-state index is -0.446. The smallest absolute Gasteiger partial charge is 0 e. The molecule has 6 aromatic rings. The molecule has 6 aromatic carbocycles. The van der Waals surface area contributed by atoms with E-state index in [1.54, 1.807) is 0 Å². The molecule has 0 spiro atoms. The molecular formula is C36H33NNiP2. The van der Waals surface area contributed by atoms with Crippen LogP contribution in [0.4, 0.5) is 0 Å². The first-order chi connectivity index (χ1) is 18.9. The zero-order chi connectivity index (χ0) is 25.8. The fourth-order valence-corrected chi connectivity index (χ4v) is 8.97. The first-order valence-corrected chi connectivity index (χ1v) is 15.5. The van der Waals surface area contributed by atoms with Crippen LogP contribution in [0.25, 0.3) is 0 Å². The Morgan fingerprint density at radius 1 is 0.225 bits per heavy atom. The van der Waals surface area contributed by atoms with Crippen LogP contribution in [0.1, 0.15) is 0 Å². The SMILES string of the molecule is N.[Ni].c1ccc(P(c2ccccc2)c2ccccc2)cc1.c1ccc(P(c2ccccc2)c2ccccc2)cc1. The summed E-state index contributed by atoms with van der Waals surface area (Å²) in [5.74, 6) is 0. The van der Waals surface area contributed by atoms with Crippen molar-refractivity contribution in [1.29, 1.82) is 0 Å². The Morgan fingerprint density at radius 2 is 0.350 bits per heavy atom. The molecular weight excluding hydrogens is 567 g/mol. The predicted molar refractivity (Wildman–Crippen MR) is 175 cm³/mol. The van der Waals surface area contributed by atoms with E-state index in [1.807, 2.05) is 0 Å². The van der Waals surface area contributed by atoms with E-state index in [9.17, 15) is 0 Å². The van der Waals surface area contributed by atoms with Crippen molar-refractivity contribution in [1.82, 2.24) is 6.15 Å². The molecule has 1 nitrogen and oxygen atoms in total. The Balaban J connectivity index is 0.000000210. The first-order valence-electron chi connectivity index (χ1n) is 12.8. The maximum Gasteiger partial charge on any atom is 0 e.